The lowest BCUT2D eigenvalue weighted by molar-refractivity contribution is 0.0462. The molecule has 1 aromatic heterocycles. The number of esters is 1. The van der Waals surface area contributed by atoms with Gasteiger partial charge < -0.3 is 10.5 Å². The highest BCUT2D eigenvalue weighted by Crippen LogP contribution is 2.14. The van der Waals surface area contributed by atoms with Crippen LogP contribution < -0.4 is 5.73 Å². The van der Waals surface area contributed by atoms with E-state index in [1.807, 2.05) is 13.0 Å². The summed E-state index contributed by atoms with van der Waals surface area (Å²) in [6.45, 7) is 1.86. The molecule has 2 N–H and O–H groups in total. The summed E-state index contributed by atoms with van der Waals surface area (Å²) in [5.41, 5.74) is 7.19. The normalized spacial score (nSPS) is 10.2. The van der Waals surface area contributed by atoms with E-state index in [0.29, 0.717) is 11.4 Å². The van der Waals surface area contributed by atoms with Crippen LogP contribution in [0.5, 0.6) is 0 Å². The summed E-state index contributed by atoms with van der Waals surface area (Å²) in [5, 5.41) is 0. The van der Waals surface area contributed by atoms with Crippen LogP contribution in [0, 0.1) is 12.7 Å². The Kier molecular flexibility index (Phi) is 3.75. The van der Waals surface area contributed by atoms with Crippen LogP contribution in [0.25, 0.3) is 0 Å². The van der Waals surface area contributed by atoms with Crippen molar-refractivity contribution in [3.05, 3.63) is 59.2 Å². The SMILES string of the molecule is Cc1cccnc1COC(=O)c1cc(N)ccc1F. The molecule has 0 aliphatic carbocycles. The Balaban J connectivity index is 2.10. The molecule has 0 atom stereocenters. The number of nitrogen functional groups attached to an aromatic ring is 1. The average Bonchev–Trinajstić information content (AvgIpc) is 2.40. The summed E-state index contributed by atoms with van der Waals surface area (Å²) in [5.74, 6) is -1.41. The number of anilines is 1. The van der Waals surface area contributed by atoms with Crippen molar-refractivity contribution >= 4 is 11.7 Å². The maximum Gasteiger partial charge on any atom is 0.341 e. The van der Waals surface area contributed by atoms with Crippen LogP contribution in [-0.4, -0.2) is 11.0 Å². The van der Waals surface area contributed by atoms with E-state index in [2.05, 4.69) is 4.98 Å². The minimum Gasteiger partial charge on any atom is -0.455 e. The van der Waals surface area contributed by atoms with E-state index in [0.717, 1.165) is 11.6 Å². The van der Waals surface area contributed by atoms with Crippen molar-refractivity contribution in [2.45, 2.75) is 13.5 Å². The molecule has 2 aromatic rings. The molecule has 0 saturated carbocycles. The largest absolute Gasteiger partial charge is 0.455 e. The Morgan fingerprint density at radius 2 is 2.21 bits per heavy atom. The lowest BCUT2D eigenvalue weighted by Gasteiger charge is -2.07. The number of halogens is 1. The number of benzene rings is 1. The molecule has 0 bridgehead atoms. The second-order valence-electron chi connectivity index (χ2n) is 4.08. The molecule has 0 spiro atoms. The molecule has 0 unspecified atom stereocenters. The quantitative estimate of drug-likeness (QED) is 0.680. The molecule has 5 heteroatoms. The lowest BCUT2D eigenvalue weighted by atomic mass is 10.2. The Morgan fingerprint density at radius 3 is 2.95 bits per heavy atom. The number of hydrogen-bond acceptors (Lipinski definition) is 4. The number of ether oxygens (including phenoxy) is 1. The zero-order valence-corrected chi connectivity index (χ0v) is 10.4. The number of carbonyl (C=O) groups excluding carboxylic acids is 1. The number of hydrogen-bond donors (Lipinski definition) is 1. The van der Waals surface area contributed by atoms with E-state index < -0.39 is 11.8 Å². The molecule has 19 heavy (non-hydrogen) atoms. The molecule has 0 aliphatic rings. The van der Waals surface area contributed by atoms with Gasteiger partial charge in [0, 0.05) is 11.9 Å². The fourth-order valence-electron chi connectivity index (χ4n) is 1.58. The number of nitrogens with zero attached hydrogens (tertiary/aromatic N) is 1. The van der Waals surface area contributed by atoms with Gasteiger partial charge in [-0.25, -0.2) is 9.18 Å². The topological polar surface area (TPSA) is 65.2 Å². The van der Waals surface area contributed by atoms with Crippen molar-refractivity contribution in [1.29, 1.82) is 0 Å². The van der Waals surface area contributed by atoms with E-state index in [-0.39, 0.29) is 12.2 Å². The van der Waals surface area contributed by atoms with Crippen molar-refractivity contribution in [2.24, 2.45) is 0 Å². The zero-order valence-electron chi connectivity index (χ0n) is 10.4. The van der Waals surface area contributed by atoms with Crippen molar-refractivity contribution in [3.63, 3.8) is 0 Å². The fourth-order valence-corrected chi connectivity index (χ4v) is 1.58. The molecule has 0 saturated heterocycles. The number of pyridine rings is 1. The third kappa shape index (κ3) is 3.07. The number of aryl methyl sites for hydroxylation is 1. The Labute approximate surface area is 110 Å². The molecule has 1 aromatic carbocycles. The van der Waals surface area contributed by atoms with Crippen LogP contribution in [0.15, 0.2) is 36.5 Å². The molecular formula is C14H13FN2O2. The Morgan fingerprint density at radius 1 is 1.42 bits per heavy atom. The third-order valence-electron chi connectivity index (χ3n) is 2.67. The predicted molar refractivity (Wildman–Crippen MR) is 68.9 cm³/mol. The monoisotopic (exact) mass is 260 g/mol. The second-order valence-corrected chi connectivity index (χ2v) is 4.08. The predicted octanol–water partition coefficient (Wildman–Crippen LogP) is 2.47. The van der Waals surface area contributed by atoms with Crippen LogP contribution in [0.1, 0.15) is 21.6 Å². The average molecular weight is 260 g/mol. The highest BCUT2D eigenvalue weighted by molar-refractivity contribution is 5.90. The van der Waals surface area contributed by atoms with Crippen LogP contribution in [0.2, 0.25) is 0 Å². The van der Waals surface area contributed by atoms with Gasteiger partial charge in [-0.15, -0.1) is 0 Å². The Bertz CT molecular complexity index is 614. The summed E-state index contributed by atoms with van der Waals surface area (Å²) < 4.78 is 18.5. The number of carbonyl (C=O) groups is 1. The first-order valence-electron chi connectivity index (χ1n) is 5.70. The number of rotatable bonds is 3. The van der Waals surface area contributed by atoms with Gasteiger partial charge in [0.2, 0.25) is 0 Å². The summed E-state index contributed by atoms with van der Waals surface area (Å²) in [6.07, 6.45) is 1.61. The van der Waals surface area contributed by atoms with Crippen LogP contribution >= 0.6 is 0 Å². The number of aromatic nitrogens is 1. The fraction of sp³-hybridized carbons (Fsp3) is 0.143. The molecule has 98 valence electrons. The van der Waals surface area contributed by atoms with E-state index in [9.17, 15) is 9.18 Å². The number of nitrogens with two attached hydrogens (primary N) is 1. The van der Waals surface area contributed by atoms with Crippen molar-refractivity contribution in [1.82, 2.24) is 4.98 Å². The first-order valence-corrected chi connectivity index (χ1v) is 5.70. The molecule has 2 rings (SSSR count). The van der Waals surface area contributed by atoms with Gasteiger partial charge in [0.1, 0.15) is 12.4 Å². The summed E-state index contributed by atoms with van der Waals surface area (Å²) >= 11 is 0. The molecule has 0 aliphatic heterocycles. The van der Waals surface area contributed by atoms with E-state index in [4.69, 9.17) is 10.5 Å². The van der Waals surface area contributed by atoms with Gasteiger partial charge in [0.15, 0.2) is 0 Å². The summed E-state index contributed by atoms with van der Waals surface area (Å²) in [7, 11) is 0. The van der Waals surface area contributed by atoms with Gasteiger partial charge in [-0.05, 0) is 36.8 Å². The maximum absolute atomic E-state index is 13.5. The summed E-state index contributed by atoms with van der Waals surface area (Å²) in [6, 6.07) is 7.42. The first kappa shape index (κ1) is 13.0. The molecule has 0 radical (unpaired) electrons. The van der Waals surface area contributed by atoms with Crippen LogP contribution in [0.3, 0.4) is 0 Å². The van der Waals surface area contributed by atoms with Gasteiger partial charge in [-0.1, -0.05) is 6.07 Å². The first-order chi connectivity index (χ1) is 9.08. The van der Waals surface area contributed by atoms with E-state index in [1.54, 1.807) is 12.3 Å². The van der Waals surface area contributed by atoms with E-state index in [1.165, 1.54) is 12.1 Å². The molecule has 0 fully saturated rings. The van der Waals surface area contributed by atoms with Gasteiger partial charge in [-0.3, -0.25) is 4.98 Å². The van der Waals surface area contributed by atoms with Crippen LogP contribution in [-0.2, 0) is 11.3 Å². The second kappa shape index (κ2) is 5.48. The zero-order chi connectivity index (χ0) is 13.8. The molecule has 1 heterocycles. The maximum atomic E-state index is 13.5. The highest BCUT2D eigenvalue weighted by Gasteiger charge is 2.14. The smallest absolute Gasteiger partial charge is 0.341 e. The van der Waals surface area contributed by atoms with Crippen molar-refractivity contribution in [3.8, 4) is 0 Å². The van der Waals surface area contributed by atoms with Crippen LogP contribution in [0.4, 0.5) is 10.1 Å². The molecule has 4 nitrogen and oxygen atoms in total. The third-order valence-corrected chi connectivity index (χ3v) is 2.67. The van der Waals surface area contributed by atoms with Gasteiger partial charge >= 0.3 is 5.97 Å². The minimum atomic E-state index is -0.755. The van der Waals surface area contributed by atoms with Gasteiger partial charge in [0.05, 0.1) is 11.3 Å². The Hall–Kier alpha value is -2.43. The summed E-state index contributed by atoms with van der Waals surface area (Å²) in [4.78, 5) is 15.8. The molecular weight excluding hydrogens is 247 g/mol. The van der Waals surface area contributed by atoms with Gasteiger partial charge in [-0.2, -0.15) is 0 Å². The highest BCUT2D eigenvalue weighted by atomic mass is 19.1. The van der Waals surface area contributed by atoms with Crippen molar-refractivity contribution in [2.75, 3.05) is 5.73 Å². The van der Waals surface area contributed by atoms with Crippen molar-refractivity contribution < 1.29 is 13.9 Å². The molecule has 0 amide bonds. The van der Waals surface area contributed by atoms with E-state index >= 15 is 0 Å². The van der Waals surface area contributed by atoms with Gasteiger partial charge in [0.25, 0.3) is 0 Å². The minimum absolute atomic E-state index is 0.000252. The standard InChI is InChI=1S/C14H13FN2O2/c1-9-3-2-6-17-13(9)8-19-14(18)11-7-10(16)4-5-12(11)15/h2-7H,8,16H2,1H3. The lowest BCUT2D eigenvalue weighted by Crippen LogP contribution is -2.09.